The zero-order valence-corrected chi connectivity index (χ0v) is 27.9. The van der Waals surface area contributed by atoms with E-state index < -0.39 is 35.9 Å². The monoisotopic (exact) mass is 670 g/mol. The first-order valence-electron chi connectivity index (χ1n) is 15.3. The van der Waals surface area contributed by atoms with Crippen LogP contribution in [0.4, 0.5) is 11.4 Å². The van der Waals surface area contributed by atoms with E-state index in [1.807, 2.05) is 84.9 Å². The molecular formula is C37H38N2O6S2. The molecular weight excluding hydrogens is 633 g/mol. The van der Waals surface area contributed by atoms with E-state index in [2.05, 4.69) is 47.9 Å². The Labute approximate surface area is 277 Å². The minimum Gasteiger partial charge on any atom is -0.367 e. The van der Waals surface area contributed by atoms with Crippen molar-refractivity contribution in [1.29, 1.82) is 0 Å². The minimum atomic E-state index is -4.92. The summed E-state index contributed by atoms with van der Waals surface area (Å²) in [5, 5.41) is 0. The van der Waals surface area contributed by atoms with Crippen LogP contribution in [0.2, 0.25) is 0 Å². The van der Waals surface area contributed by atoms with Crippen molar-refractivity contribution in [1.82, 2.24) is 0 Å². The molecule has 244 valence electrons. The van der Waals surface area contributed by atoms with Crippen molar-refractivity contribution in [2.75, 3.05) is 22.9 Å². The molecule has 0 atom stereocenters. The number of hydrogen-bond donors (Lipinski definition) is 2. The van der Waals surface area contributed by atoms with Gasteiger partial charge in [0.1, 0.15) is 0 Å². The van der Waals surface area contributed by atoms with Crippen LogP contribution in [0.1, 0.15) is 47.6 Å². The lowest BCUT2D eigenvalue weighted by Crippen LogP contribution is -2.23. The van der Waals surface area contributed by atoms with Crippen molar-refractivity contribution >= 4 is 31.6 Å². The third kappa shape index (κ3) is 8.28. The molecule has 0 fully saturated rings. The fraction of sp³-hybridized carbons (Fsp3) is 0.189. The Morgan fingerprint density at radius 3 is 1.43 bits per heavy atom. The van der Waals surface area contributed by atoms with Gasteiger partial charge in [-0.3, -0.25) is 9.11 Å². The Balaban J connectivity index is 1.68. The summed E-state index contributed by atoms with van der Waals surface area (Å²) in [6.07, 6.45) is 0. The summed E-state index contributed by atoms with van der Waals surface area (Å²) in [6, 6.07) is 39.0. The average Bonchev–Trinajstić information content (AvgIpc) is 3.06. The van der Waals surface area contributed by atoms with Gasteiger partial charge in [-0.1, -0.05) is 91.0 Å². The molecule has 0 unspecified atom stereocenters. The quantitative estimate of drug-likeness (QED) is 0.0983. The number of nitrogens with zero attached hydrogens (tertiary/aromatic N) is 2. The van der Waals surface area contributed by atoms with Gasteiger partial charge in [0.2, 0.25) is 0 Å². The van der Waals surface area contributed by atoms with Crippen molar-refractivity contribution in [3.05, 3.63) is 155 Å². The largest absolute Gasteiger partial charge is 0.367 e. The van der Waals surface area contributed by atoms with Gasteiger partial charge >= 0.3 is 0 Å². The minimum absolute atomic E-state index is 0.173. The summed E-state index contributed by atoms with van der Waals surface area (Å²) in [6.45, 7) is 6.86. The zero-order valence-electron chi connectivity index (χ0n) is 26.3. The average molecular weight is 671 g/mol. The normalized spacial score (nSPS) is 11.9. The van der Waals surface area contributed by atoms with E-state index >= 15 is 0 Å². The molecule has 0 saturated carbocycles. The lowest BCUT2D eigenvalue weighted by molar-refractivity contribution is 0.480. The molecule has 0 amide bonds. The first-order chi connectivity index (χ1) is 22.5. The maximum atomic E-state index is 12.8. The van der Waals surface area contributed by atoms with Crippen molar-refractivity contribution in [2.45, 2.75) is 42.6 Å². The van der Waals surface area contributed by atoms with Crippen LogP contribution in [0.25, 0.3) is 0 Å². The van der Waals surface area contributed by atoms with E-state index in [0.29, 0.717) is 26.2 Å². The second kappa shape index (κ2) is 14.5. The molecule has 0 aliphatic rings. The highest BCUT2D eigenvalue weighted by atomic mass is 32.2. The molecule has 0 bridgehead atoms. The van der Waals surface area contributed by atoms with Gasteiger partial charge in [-0.2, -0.15) is 16.8 Å². The summed E-state index contributed by atoms with van der Waals surface area (Å²) >= 11 is 0. The van der Waals surface area contributed by atoms with Gasteiger partial charge in [-0.15, -0.1) is 0 Å². The third-order valence-corrected chi connectivity index (χ3v) is 9.96. The van der Waals surface area contributed by atoms with Crippen LogP contribution in [0.15, 0.2) is 137 Å². The highest BCUT2D eigenvalue weighted by molar-refractivity contribution is 7.86. The maximum Gasteiger partial charge on any atom is 0.294 e. The predicted octanol–water partition coefficient (Wildman–Crippen LogP) is 7.41. The Bertz CT molecular complexity index is 1940. The van der Waals surface area contributed by atoms with Crippen LogP contribution in [0, 0.1) is 0 Å². The van der Waals surface area contributed by atoms with Gasteiger partial charge in [0, 0.05) is 43.5 Å². The molecule has 10 heteroatoms. The lowest BCUT2D eigenvalue weighted by Gasteiger charge is -2.28. The summed E-state index contributed by atoms with van der Waals surface area (Å²) in [7, 11) is -9.67. The molecule has 8 nitrogen and oxygen atoms in total. The van der Waals surface area contributed by atoms with Crippen LogP contribution in [-0.4, -0.2) is 39.0 Å². The van der Waals surface area contributed by atoms with Crippen molar-refractivity contribution < 1.29 is 25.9 Å². The Hall–Kier alpha value is -4.48. The third-order valence-electron chi connectivity index (χ3n) is 8.21. The molecule has 47 heavy (non-hydrogen) atoms. The highest BCUT2D eigenvalue weighted by Crippen LogP contribution is 2.39. The molecule has 0 radical (unpaired) electrons. The van der Waals surface area contributed by atoms with Crippen LogP contribution in [-0.2, 0) is 33.3 Å². The number of benzene rings is 5. The first kappa shape index (κ1) is 33.9. The topological polar surface area (TPSA) is 115 Å². The van der Waals surface area contributed by atoms with E-state index in [9.17, 15) is 25.9 Å². The molecule has 0 aromatic heterocycles. The van der Waals surface area contributed by atoms with E-state index in [4.69, 9.17) is 0 Å². The lowest BCUT2D eigenvalue weighted by atomic mass is 9.84. The first-order valence-corrected chi connectivity index (χ1v) is 18.2. The Kier molecular flexibility index (Phi) is 10.5. The Morgan fingerprint density at radius 2 is 1.02 bits per heavy atom. The molecule has 5 rings (SSSR count). The fourth-order valence-electron chi connectivity index (χ4n) is 5.87. The molecule has 2 N–H and O–H groups in total. The second-order valence-electron chi connectivity index (χ2n) is 11.3. The van der Waals surface area contributed by atoms with Gasteiger partial charge in [-0.05, 0) is 78.1 Å². The molecule has 0 aliphatic heterocycles. The summed E-state index contributed by atoms with van der Waals surface area (Å²) in [4.78, 5) is 3.18. The van der Waals surface area contributed by atoms with Crippen molar-refractivity contribution in [3.63, 3.8) is 0 Å². The number of rotatable bonds is 13. The van der Waals surface area contributed by atoms with Gasteiger partial charge in [0.25, 0.3) is 20.2 Å². The standard InChI is InChI=1S/C37H38N2O6S2/c1-3-38(26-28-13-7-5-8-14-28)32-19-11-17-30(23-32)37(35-22-21-34(46(40,41)42)25-36(35)47(43,44)45)31-18-12-20-33(24-31)39(4-2)27-29-15-9-6-10-16-29/h5-25,37H,3-4,26-27H2,1-2H3,(H,40,41,42)(H,43,44,45). The van der Waals surface area contributed by atoms with Crippen molar-refractivity contribution in [2.24, 2.45) is 0 Å². The van der Waals surface area contributed by atoms with E-state index in [1.165, 1.54) is 6.07 Å². The van der Waals surface area contributed by atoms with Crippen LogP contribution < -0.4 is 9.80 Å². The summed E-state index contributed by atoms with van der Waals surface area (Å²) < 4.78 is 69.7. The second-order valence-corrected chi connectivity index (χ2v) is 14.1. The SMILES string of the molecule is CCN(Cc1ccccc1)c1cccc(C(c2cccc(N(CC)Cc3ccccc3)c2)c2ccc(S(=O)(=O)O)cc2S(=O)(=O)O)c1. The molecule has 0 saturated heterocycles. The van der Waals surface area contributed by atoms with E-state index in [1.54, 1.807) is 0 Å². The van der Waals surface area contributed by atoms with Crippen molar-refractivity contribution in [3.8, 4) is 0 Å². The van der Waals surface area contributed by atoms with Gasteiger partial charge in [-0.25, -0.2) is 0 Å². The molecule has 0 aliphatic carbocycles. The molecule has 5 aromatic rings. The van der Waals surface area contributed by atoms with Gasteiger partial charge in [0.05, 0.1) is 9.79 Å². The van der Waals surface area contributed by atoms with Gasteiger partial charge in [0.15, 0.2) is 0 Å². The molecule has 0 spiro atoms. The summed E-state index contributed by atoms with van der Waals surface area (Å²) in [5.41, 5.74) is 5.75. The zero-order chi connectivity index (χ0) is 33.6. The summed E-state index contributed by atoms with van der Waals surface area (Å²) in [5.74, 6) is -0.729. The Morgan fingerprint density at radius 1 is 0.553 bits per heavy atom. The van der Waals surface area contributed by atoms with Crippen LogP contribution in [0.5, 0.6) is 0 Å². The predicted molar refractivity (Wildman–Crippen MR) is 186 cm³/mol. The fourth-order valence-corrected chi connectivity index (χ4v) is 7.21. The maximum absolute atomic E-state index is 12.8. The van der Waals surface area contributed by atoms with Gasteiger partial charge < -0.3 is 9.80 Å². The smallest absolute Gasteiger partial charge is 0.294 e. The van der Waals surface area contributed by atoms with Crippen LogP contribution >= 0.6 is 0 Å². The van der Waals surface area contributed by atoms with Crippen LogP contribution in [0.3, 0.4) is 0 Å². The van der Waals surface area contributed by atoms with E-state index in [-0.39, 0.29) is 5.56 Å². The molecule has 0 heterocycles. The van der Waals surface area contributed by atoms with E-state index in [0.717, 1.165) is 45.8 Å². The number of hydrogen-bond acceptors (Lipinski definition) is 6. The number of anilines is 2. The highest BCUT2D eigenvalue weighted by Gasteiger charge is 2.28. The molecule has 5 aromatic carbocycles.